The van der Waals surface area contributed by atoms with E-state index in [4.69, 9.17) is 16.2 Å². The Hall–Kier alpha value is -3.38. The molecule has 5 N–H and O–H groups in total. The van der Waals surface area contributed by atoms with Crippen LogP contribution in [0.4, 0.5) is 11.8 Å². The van der Waals surface area contributed by atoms with Gasteiger partial charge in [-0.3, -0.25) is 0 Å². The molecule has 6 nitrogen and oxygen atoms in total. The molecule has 0 radical (unpaired) electrons. The van der Waals surface area contributed by atoms with Crippen molar-refractivity contribution in [2.75, 3.05) is 18.1 Å². The molecule has 1 unspecified atom stereocenters. The van der Waals surface area contributed by atoms with E-state index in [0.717, 1.165) is 38.8 Å². The number of benzene rings is 3. The predicted octanol–water partition coefficient (Wildman–Crippen LogP) is 3.60. The van der Waals surface area contributed by atoms with Crippen molar-refractivity contribution >= 4 is 33.4 Å². The minimum Gasteiger partial charge on any atom is -0.492 e. The lowest BCUT2D eigenvalue weighted by atomic mass is 9.87. The Morgan fingerprint density at radius 3 is 2.64 bits per heavy atom. The van der Waals surface area contributed by atoms with Gasteiger partial charge in [-0.2, -0.15) is 4.98 Å². The first kappa shape index (κ1) is 16.8. The molecule has 0 saturated carbocycles. The molecule has 2 heterocycles. The molecule has 28 heavy (non-hydrogen) atoms. The van der Waals surface area contributed by atoms with Gasteiger partial charge in [0, 0.05) is 11.5 Å². The molecule has 1 aliphatic rings. The topological polar surface area (TPSA) is 107 Å². The van der Waals surface area contributed by atoms with E-state index in [2.05, 4.69) is 23.0 Å². The SMILES string of the molecule is CC1COc2c1c(-c1ccc(CO)c3ccccc13)cc1nc(N)nc(N)c21. The Morgan fingerprint density at radius 2 is 1.86 bits per heavy atom. The maximum atomic E-state index is 9.73. The molecule has 0 saturated heterocycles. The molecule has 0 aliphatic carbocycles. The third kappa shape index (κ3) is 2.31. The average Bonchev–Trinajstić information content (AvgIpc) is 3.07. The largest absolute Gasteiger partial charge is 0.492 e. The molecule has 5 rings (SSSR count). The van der Waals surface area contributed by atoms with E-state index >= 15 is 0 Å². The number of aliphatic hydroxyl groups excluding tert-OH is 1. The number of nitrogens with two attached hydrogens (primary N) is 2. The number of aliphatic hydroxyl groups is 1. The van der Waals surface area contributed by atoms with Crippen molar-refractivity contribution in [1.82, 2.24) is 9.97 Å². The monoisotopic (exact) mass is 372 g/mol. The van der Waals surface area contributed by atoms with Crippen LogP contribution in [0.2, 0.25) is 0 Å². The first-order valence-corrected chi connectivity index (χ1v) is 9.22. The van der Waals surface area contributed by atoms with E-state index in [9.17, 15) is 5.11 Å². The maximum absolute atomic E-state index is 9.73. The molecule has 6 heteroatoms. The van der Waals surface area contributed by atoms with E-state index in [1.165, 1.54) is 0 Å². The zero-order chi connectivity index (χ0) is 19.4. The van der Waals surface area contributed by atoms with Crippen molar-refractivity contribution < 1.29 is 9.84 Å². The highest BCUT2D eigenvalue weighted by atomic mass is 16.5. The van der Waals surface area contributed by atoms with Gasteiger partial charge < -0.3 is 21.3 Å². The van der Waals surface area contributed by atoms with Gasteiger partial charge in [-0.1, -0.05) is 43.3 Å². The summed E-state index contributed by atoms with van der Waals surface area (Å²) in [4.78, 5) is 8.52. The number of fused-ring (bicyclic) bond motifs is 4. The zero-order valence-corrected chi connectivity index (χ0v) is 15.4. The first-order valence-electron chi connectivity index (χ1n) is 9.22. The summed E-state index contributed by atoms with van der Waals surface area (Å²) in [6.45, 7) is 2.72. The summed E-state index contributed by atoms with van der Waals surface area (Å²) in [6, 6.07) is 14.1. The molecule has 1 atom stereocenters. The van der Waals surface area contributed by atoms with Crippen molar-refractivity contribution in [2.45, 2.75) is 19.4 Å². The van der Waals surface area contributed by atoms with Crippen molar-refractivity contribution in [3.8, 4) is 16.9 Å². The minimum atomic E-state index is -0.00354. The first-order chi connectivity index (χ1) is 13.6. The molecule has 0 bridgehead atoms. The van der Waals surface area contributed by atoms with E-state index in [0.29, 0.717) is 23.3 Å². The number of hydrogen-bond acceptors (Lipinski definition) is 6. The van der Waals surface area contributed by atoms with Gasteiger partial charge in [0.1, 0.15) is 11.6 Å². The Labute approximate surface area is 161 Å². The molecule has 4 aromatic rings. The Kier molecular flexibility index (Phi) is 3.64. The third-order valence-corrected chi connectivity index (χ3v) is 5.47. The lowest BCUT2D eigenvalue weighted by Gasteiger charge is -2.16. The fraction of sp³-hybridized carbons (Fsp3) is 0.182. The van der Waals surface area contributed by atoms with Gasteiger partial charge in [0.2, 0.25) is 5.95 Å². The zero-order valence-electron chi connectivity index (χ0n) is 15.4. The number of ether oxygens (including phenoxy) is 1. The summed E-state index contributed by atoms with van der Waals surface area (Å²) in [5, 5.41) is 12.6. The molecule has 0 fully saturated rings. The number of nitrogen functional groups attached to an aromatic ring is 2. The summed E-state index contributed by atoms with van der Waals surface area (Å²) in [6.07, 6.45) is 0. The van der Waals surface area contributed by atoms with Crippen LogP contribution in [0.25, 0.3) is 32.8 Å². The molecule has 1 aliphatic heterocycles. The van der Waals surface area contributed by atoms with Gasteiger partial charge in [-0.05, 0) is 33.5 Å². The highest BCUT2D eigenvalue weighted by molar-refractivity contribution is 6.05. The molecule has 140 valence electrons. The highest BCUT2D eigenvalue weighted by Crippen LogP contribution is 2.48. The van der Waals surface area contributed by atoms with Crippen LogP contribution < -0.4 is 16.2 Å². The van der Waals surface area contributed by atoms with Crippen molar-refractivity contribution in [3.63, 3.8) is 0 Å². The Morgan fingerprint density at radius 1 is 1.07 bits per heavy atom. The van der Waals surface area contributed by atoms with Crippen LogP contribution >= 0.6 is 0 Å². The minimum absolute atomic E-state index is 0.00354. The van der Waals surface area contributed by atoms with Gasteiger partial charge in [0.25, 0.3) is 0 Å². The quantitative estimate of drug-likeness (QED) is 0.496. The van der Waals surface area contributed by atoms with Crippen LogP contribution in [0.3, 0.4) is 0 Å². The summed E-state index contributed by atoms with van der Waals surface area (Å²) < 4.78 is 6.02. The van der Waals surface area contributed by atoms with Crippen LogP contribution in [0, 0.1) is 0 Å². The number of aromatic nitrogens is 2. The molecule has 1 aromatic heterocycles. The normalized spacial score (nSPS) is 15.7. The van der Waals surface area contributed by atoms with Crippen LogP contribution in [-0.2, 0) is 6.61 Å². The number of nitrogens with zero attached hydrogens (tertiary/aromatic N) is 2. The number of anilines is 2. The summed E-state index contributed by atoms with van der Waals surface area (Å²) in [7, 11) is 0. The van der Waals surface area contributed by atoms with Crippen LogP contribution in [0.1, 0.15) is 24.0 Å². The van der Waals surface area contributed by atoms with Gasteiger partial charge in [0.15, 0.2) is 0 Å². The summed E-state index contributed by atoms with van der Waals surface area (Å²) >= 11 is 0. The lowest BCUT2D eigenvalue weighted by molar-refractivity contribution is 0.283. The van der Waals surface area contributed by atoms with E-state index < -0.39 is 0 Å². The molecule has 0 amide bonds. The average molecular weight is 372 g/mol. The van der Waals surface area contributed by atoms with Crippen LogP contribution in [0.5, 0.6) is 5.75 Å². The highest BCUT2D eigenvalue weighted by Gasteiger charge is 2.29. The second-order valence-corrected chi connectivity index (χ2v) is 7.22. The second kappa shape index (κ2) is 6.07. The van der Waals surface area contributed by atoms with E-state index in [-0.39, 0.29) is 18.5 Å². The van der Waals surface area contributed by atoms with Crippen LogP contribution in [0.15, 0.2) is 42.5 Å². The van der Waals surface area contributed by atoms with Gasteiger partial charge >= 0.3 is 0 Å². The lowest BCUT2D eigenvalue weighted by Crippen LogP contribution is -2.02. The standard InChI is InChI=1S/C22H20N4O2/c1-11-10-28-20-18(11)16(8-17-19(20)21(23)26-22(24)25-17)15-7-6-12(9-27)13-4-2-3-5-14(13)15/h2-8,11,27H,9-10H2,1H3,(H4,23,24,25,26). The Balaban J connectivity index is 1.91. The van der Waals surface area contributed by atoms with Crippen molar-refractivity contribution in [3.05, 3.63) is 53.6 Å². The molecule has 0 spiro atoms. The predicted molar refractivity (Wildman–Crippen MR) is 111 cm³/mol. The van der Waals surface area contributed by atoms with Crippen molar-refractivity contribution in [1.29, 1.82) is 0 Å². The number of rotatable bonds is 2. The molecule has 3 aromatic carbocycles. The summed E-state index contributed by atoms with van der Waals surface area (Å²) in [5.41, 5.74) is 16.8. The fourth-order valence-corrected chi connectivity index (χ4v) is 4.21. The van der Waals surface area contributed by atoms with E-state index in [1.54, 1.807) is 0 Å². The second-order valence-electron chi connectivity index (χ2n) is 7.22. The Bertz CT molecular complexity index is 1250. The smallest absolute Gasteiger partial charge is 0.222 e. The summed E-state index contributed by atoms with van der Waals surface area (Å²) in [5.74, 6) is 1.43. The van der Waals surface area contributed by atoms with E-state index in [1.807, 2.05) is 36.4 Å². The number of hydrogen-bond donors (Lipinski definition) is 3. The third-order valence-electron chi connectivity index (χ3n) is 5.47. The fourth-order valence-electron chi connectivity index (χ4n) is 4.21. The van der Waals surface area contributed by atoms with Gasteiger partial charge in [-0.25, -0.2) is 4.98 Å². The van der Waals surface area contributed by atoms with Crippen LogP contribution in [-0.4, -0.2) is 21.7 Å². The van der Waals surface area contributed by atoms with Gasteiger partial charge in [0.05, 0.1) is 24.1 Å². The molecular weight excluding hydrogens is 352 g/mol. The van der Waals surface area contributed by atoms with Crippen molar-refractivity contribution in [2.24, 2.45) is 0 Å². The van der Waals surface area contributed by atoms with Gasteiger partial charge in [-0.15, -0.1) is 0 Å². The molecular formula is C22H20N4O2. The maximum Gasteiger partial charge on any atom is 0.222 e.